The molecule has 8 heteroatoms. The third-order valence-corrected chi connectivity index (χ3v) is 4.61. The molecule has 0 saturated carbocycles. The molecule has 0 aromatic heterocycles. The molecular weight excluding hydrogens is 338 g/mol. The van der Waals surface area contributed by atoms with Crippen LogP contribution in [0.5, 0.6) is 5.75 Å². The van der Waals surface area contributed by atoms with Gasteiger partial charge >= 0.3 is 0 Å². The van der Waals surface area contributed by atoms with Gasteiger partial charge in [0.2, 0.25) is 5.91 Å². The standard InChI is InChI=1S/C18H25N3O5/c22-10-7-20(6-5-19-8-11-25-12-9-19)17(23)13-21-15-3-1-2-4-16(15)26-14-18(21)24/h1-4,22H,5-14H2. The lowest BCUT2D eigenvalue weighted by Crippen LogP contribution is -2.49. The summed E-state index contributed by atoms with van der Waals surface area (Å²) in [5, 5.41) is 9.31. The highest BCUT2D eigenvalue weighted by atomic mass is 16.5. The Morgan fingerprint density at radius 2 is 1.96 bits per heavy atom. The molecule has 2 aliphatic heterocycles. The molecule has 3 rings (SSSR count). The molecule has 0 atom stereocenters. The topological polar surface area (TPSA) is 82.5 Å². The van der Waals surface area contributed by atoms with Gasteiger partial charge in [-0.25, -0.2) is 0 Å². The lowest BCUT2D eigenvalue weighted by molar-refractivity contribution is -0.132. The number of anilines is 1. The smallest absolute Gasteiger partial charge is 0.265 e. The van der Waals surface area contributed by atoms with Crippen molar-refractivity contribution in [2.45, 2.75) is 0 Å². The van der Waals surface area contributed by atoms with Crippen molar-refractivity contribution in [2.75, 3.05) is 70.6 Å². The summed E-state index contributed by atoms with van der Waals surface area (Å²) >= 11 is 0. The molecule has 1 saturated heterocycles. The number of rotatable bonds is 7. The van der Waals surface area contributed by atoms with Crippen molar-refractivity contribution in [3.63, 3.8) is 0 Å². The Hall–Kier alpha value is -2.16. The number of amides is 2. The van der Waals surface area contributed by atoms with Gasteiger partial charge in [0.25, 0.3) is 5.91 Å². The van der Waals surface area contributed by atoms with Crippen LogP contribution in [-0.2, 0) is 14.3 Å². The maximum Gasteiger partial charge on any atom is 0.265 e. The molecule has 0 unspecified atom stereocenters. The fourth-order valence-corrected chi connectivity index (χ4v) is 3.13. The van der Waals surface area contributed by atoms with Crippen LogP contribution in [0.25, 0.3) is 0 Å². The zero-order valence-electron chi connectivity index (χ0n) is 14.8. The first-order chi connectivity index (χ1) is 12.7. The Morgan fingerprint density at radius 1 is 1.19 bits per heavy atom. The van der Waals surface area contributed by atoms with Crippen molar-refractivity contribution in [3.8, 4) is 5.75 Å². The number of hydrogen-bond donors (Lipinski definition) is 1. The summed E-state index contributed by atoms with van der Waals surface area (Å²) in [6.07, 6.45) is 0. The van der Waals surface area contributed by atoms with E-state index in [2.05, 4.69) is 4.90 Å². The molecule has 1 aromatic carbocycles. The minimum absolute atomic E-state index is 0.0533. The average molecular weight is 363 g/mol. The molecule has 26 heavy (non-hydrogen) atoms. The summed E-state index contributed by atoms with van der Waals surface area (Å²) in [4.78, 5) is 30.3. The molecule has 8 nitrogen and oxygen atoms in total. The molecule has 0 bridgehead atoms. The highest BCUT2D eigenvalue weighted by molar-refractivity contribution is 6.02. The number of nitrogens with zero attached hydrogens (tertiary/aromatic N) is 3. The van der Waals surface area contributed by atoms with Crippen LogP contribution in [0, 0.1) is 0 Å². The van der Waals surface area contributed by atoms with Gasteiger partial charge in [0.1, 0.15) is 12.3 Å². The van der Waals surface area contributed by atoms with Crippen molar-refractivity contribution in [2.24, 2.45) is 0 Å². The van der Waals surface area contributed by atoms with E-state index in [0.29, 0.717) is 31.2 Å². The highest BCUT2D eigenvalue weighted by Gasteiger charge is 2.28. The number of carbonyl (C=O) groups is 2. The van der Waals surface area contributed by atoms with E-state index < -0.39 is 0 Å². The fourth-order valence-electron chi connectivity index (χ4n) is 3.13. The Kier molecular flexibility index (Phi) is 6.43. The zero-order valence-corrected chi connectivity index (χ0v) is 14.8. The number of ether oxygens (including phenoxy) is 2. The second kappa shape index (κ2) is 8.98. The van der Waals surface area contributed by atoms with E-state index in [-0.39, 0.29) is 38.1 Å². The second-order valence-electron chi connectivity index (χ2n) is 6.29. The number of aliphatic hydroxyl groups is 1. The normalized spacial score (nSPS) is 17.6. The molecule has 1 N–H and O–H groups in total. The summed E-state index contributed by atoms with van der Waals surface area (Å²) in [6.45, 7) is 4.35. The minimum Gasteiger partial charge on any atom is -0.482 e. The molecule has 1 fully saturated rings. The van der Waals surface area contributed by atoms with E-state index in [4.69, 9.17) is 9.47 Å². The van der Waals surface area contributed by atoms with Gasteiger partial charge in [0, 0.05) is 32.7 Å². The SMILES string of the molecule is O=C(CN1C(=O)COc2ccccc21)N(CCO)CCN1CCOCC1. The van der Waals surface area contributed by atoms with Crippen LogP contribution < -0.4 is 9.64 Å². The molecule has 2 amide bonds. The number of morpholine rings is 1. The van der Waals surface area contributed by atoms with Crippen LogP contribution in [0.3, 0.4) is 0 Å². The van der Waals surface area contributed by atoms with Crippen LogP contribution in [-0.4, -0.2) is 92.4 Å². The summed E-state index contributed by atoms with van der Waals surface area (Å²) < 4.78 is 10.7. The first-order valence-electron chi connectivity index (χ1n) is 8.90. The van der Waals surface area contributed by atoms with Crippen LogP contribution in [0.15, 0.2) is 24.3 Å². The number of fused-ring (bicyclic) bond motifs is 1. The first kappa shape index (κ1) is 18.6. The number of hydrogen-bond acceptors (Lipinski definition) is 6. The van der Waals surface area contributed by atoms with Crippen molar-refractivity contribution < 1.29 is 24.2 Å². The molecular formula is C18H25N3O5. The average Bonchev–Trinajstić information content (AvgIpc) is 2.68. The van der Waals surface area contributed by atoms with Crippen molar-refractivity contribution in [3.05, 3.63) is 24.3 Å². The van der Waals surface area contributed by atoms with Crippen LogP contribution in [0.4, 0.5) is 5.69 Å². The number of carbonyl (C=O) groups excluding carboxylic acids is 2. The number of benzene rings is 1. The summed E-state index contributed by atoms with van der Waals surface area (Å²) in [7, 11) is 0. The summed E-state index contributed by atoms with van der Waals surface area (Å²) in [5.74, 6) is 0.175. The molecule has 142 valence electrons. The fraction of sp³-hybridized carbons (Fsp3) is 0.556. The van der Waals surface area contributed by atoms with Crippen LogP contribution in [0.1, 0.15) is 0 Å². The van der Waals surface area contributed by atoms with E-state index in [1.807, 2.05) is 12.1 Å². The van der Waals surface area contributed by atoms with E-state index in [1.165, 1.54) is 4.90 Å². The monoisotopic (exact) mass is 363 g/mol. The van der Waals surface area contributed by atoms with Gasteiger partial charge in [-0.15, -0.1) is 0 Å². The molecule has 2 heterocycles. The molecule has 0 spiro atoms. The van der Waals surface area contributed by atoms with Crippen LogP contribution in [0.2, 0.25) is 0 Å². The van der Waals surface area contributed by atoms with Gasteiger partial charge in [0.15, 0.2) is 6.61 Å². The Labute approximate surface area is 152 Å². The lowest BCUT2D eigenvalue weighted by Gasteiger charge is -2.32. The van der Waals surface area contributed by atoms with E-state index in [9.17, 15) is 14.7 Å². The van der Waals surface area contributed by atoms with Crippen LogP contribution >= 0.6 is 0 Å². The first-order valence-corrected chi connectivity index (χ1v) is 8.90. The zero-order chi connectivity index (χ0) is 18.4. The predicted octanol–water partition coefficient (Wildman–Crippen LogP) is -0.435. The molecule has 1 aromatic rings. The van der Waals surface area contributed by atoms with Gasteiger partial charge in [-0.2, -0.15) is 0 Å². The van der Waals surface area contributed by atoms with Gasteiger partial charge in [-0.1, -0.05) is 12.1 Å². The number of aliphatic hydroxyl groups excluding tert-OH is 1. The molecule has 0 radical (unpaired) electrons. The van der Waals surface area contributed by atoms with Crippen molar-refractivity contribution in [1.82, 2.24) is 9.80 Å². The Morgan fingerprint density at radius 3 is 2.73 bits per heavy atom. The maximum atomic E-state index is 12.8. The maximum absolute atomic E-state index is 12.8. The Balaban J connectivity index is 1.62. The van der Waals surface area contributed by atoms with Crippen molar-refractivity contribution in [1.29, 1.82) is 0 Å². The second-order valence-corrected chi connectivity index (χ2v) is 6.29. The van der Waals surface area contributed by atoms with E-state index in [0.717, 1.165) is 19.6 Å². The van der Waals surface area contributed by atoms with Gasteiger partial charge in [-0.3, -0.25) is 19.4 Å². The quantitative estimate of drug-likeness (QED) is 0.708. The largest absolute Gasteiger partial charge is 0.482 e. The predicted molar refractivity (Wildman–Crippen MR) is 95.2 cm³/mol. The lowest BCUT2D eigenvalue weighted by atomic mass is 10.2. The van der Waals surface area contributed by atoms with Gasteiger partial charge < -0.3 is 19.5 Å². The van der Waals surface area contributed by atoms with E-state index >= 15 is 0 Å². The van der Waals surface area contributed by atoms with Crippen molar-refractivity contribution >= 4 is 17.5 Å². The highest BCUT2D eigenvalue weighted by Crippen LogP contribution is 2.31. The third kappa shape index (κ3) is 4.51. The minimum atomic E-state index is -0.242. The Bertz CT molecular complexity index is 633. The van der Waals surface area contributed by atoms with E-state index in [1.54, 1.807) is 17.0 Å². The third-order valence-electron chi connectivity index (χ3n) is 4.61. The number of para-hydroxylation sites is 2. The summed E-state index contributed by atoms with van der Waals surface area (Å²) in [6, 6.07) is 7.18. The van der Waals surface area contributed by atoms with Gasteiger partial charge in [-0.05, 0) is 12.1 Å². The molecule has 2 aliphatic rings. The van der Waals surface area contributed by atoms with Gasteiger partial charge in [0.05, 0.1) is 25.5 Å². The summed E-state index contributed by atoms with van der Waals surface area (Å²) in [5.41, 5.74) is 0.606. The molecule has 0 aliphatic carbocycles.